The third kappa shape index (κ3) is 4.49. The summed E-state index contributed by atoms with van der Waals surface area (Å²) in [5.74, 6) is -1.76. The lowest BCUT2D eigenvalue weighted by molar-refractivity contribution is -0.144. The molecule has 0 aliphatic carbocycles. The Morgan fingerprint density at radius 3 is 2.60 bits per heavy atom. The van der Waals surface area contributed by atoms with Crippen molar-refractivity contribution in [2.75, 3.05) is 5.75 Å². The van der Waals surface area contributed by atoms with Crippen LogP contribution in [-0.4, -0.2) is 54.8 Å². The maximum absolute atomic E-state index is 11.7. The molecule has 1 aromatic rings. The summed E-state index contributed by atoms with van der Waals surface area (Å²) < 4.78 is 1.81. The van der Waals surface area contributed by atoms with E-state index in [1.165, 1.54) is 6.92 Å². The van der Waals surface area contributed by atoms with Crippen LogP contribution in [-0.2, 0) is 9.59 Å². The number of carbonyl (C=O) groups is 2. The summed E-state index contributed by atoms with van der Waals surface area (Å²) >= 11 is 1.16. The number of hydrogen-bond donors (Lipinski definition) is 3. The minimum atomic E-state index is -1.31. The molecule has 8 nitrogen and oxygen atoms in total. The molecule has 0 saturated carbocycles. The molecule has 0 bridgehead atoms. The van der Waals surface area contributed by atoms with Crippen molar-refractivity contribution in [3.8, 4) is 0 Å². The highest BCUT2D eigenvalue weighted by Gasteiger charge is 2.25. The monoisotopic (exact) mass is 302 g/mol. The number of nitrogens with one attached hydrogen (secondary N) is 1. The fraction of sp³-hybridized carbons (Fsp3) is 0.636. The second-order valence-corrected chi connectivity index (χ2v) is 5.47. The van der Waals surface area contributed by atoms with Crippen LogP contribution in [0, 0.1) is 0 Å². The quantitative estimate of drug-likeness (QED) is 0.602. The van der Waals surface area contributed by atoms with Crippen LogP contribution in [0.4, 0.5) is 0 Å². The molecule has 112 valence electrons. The molecule has 2 unspecified atom stereocenters. The molecule has 2 atom stereocenters. The fourth-order valence-electron chi connectivity index (χ4n) is 1.42. The van der Waals surface area contributed by atoms with Gasteiger partial charge in [0.2, 0.25) is 5.91 Å². The molecule has 9 heteroatoms. The van der Waals surface area contributed by atoms with E-state index >= 15 is 0 Å². The molecule has 1 aromatic heterocycles. The van der Waals surface area contributed by atoms with Crippen LogP contribution in [0.2, 0.25) is 0 Å². The molecule has 0 aliphatic rings. The lowest BCUT2D eigenvalue weighted by Crippen LogP contribution is -2.48. The number of aliphatic hydroxyl groups excluding tert-OH is 1. The van der Waals surface area contributed by atoms with Crippen LogP contribution in [0.15, 0.2) is 11.5 Å². The summed E-state index contributed by atoms with van der Waals surface area (Å²) in [6.07, 6.45) is 0.404. The van der Waals surface area contributed by atoms with Crippen molar-refractivity contribution in [1.82, 2.24) is 20.1 Å². The number of aliphatic hydroxyl groups is 1. The van der Waals surface area contributed by atoms with Gasteiger partial charge >= 0.3 is 5.97 Å². The van der Waals surface area contributed by atoms with Gasteiger partial charge in [-0.15, -0.1) is 10.2 Å². The van der Waals surface area contributed by atoms with Gasteiger partial charge in [-0.05, 0) is 20.8 Å². The number of rotatable bonds is 7. The van der Waals surface area contributed by atoms with Gasteiger partial charge in [0.1, 0.15) is 6.33 Å². The van der Waals surface area contributed by atoms with Gasteiger partial charge in [0, 0.05) is 6.04 Å². The highest BCUT2D eigenvalue weighted by molar-refractivity contribution is 7.99. The van der Waals surface area contributed by atoms with Crippen LogP contribution in [0.25, 0.3) is 0 Å². The van der Waals surface area contributed by atoms with Crippen LogP contribution >= 0.6 is 11.8 Å². The van der Waals surface area contributed by atoms with Gasteiger partial charge < -0.3 is 20.1 Å². The zero-order valence-electron chi connectivity index (χ0n) is 11.5. The largest absolute Gasteiger partial charge is 0.480 e. The highest BCUT2D eigenvalue weighted by atomic mass is 32.2. The van der Waals surface area contributed by atoms with Gasteiger partial charge in [-0.3, -0.25) is 4.79 Å². The summed E-state index contributed by atoms with van der Waals surface area (Å²) in [4.78, 5) is 22.5. The van der Waals surface area contributed by atoms with Gasteiger partial charge in [0.05, 0.1) is 11.9 Å². The number of amides is 1. The summed E-state index contributed by atoms with van der Waals surface area (Å²) in [6, 6.07) is -1.15. The summed E-state index contributed by atoms with van der Waals surface area (Å²) in [6.45, 7) is 5.23. The first-order valence-electron chi connectivity index (χ1n) is 6.05. The number of hydrogen-bond acceptors (Lipinski definition) is 6. The lowest BCUT2D eigenvalue weighted by Gasteiger charge is -2.16. The first-order chi connectivity index (χ1) is 9.32. The zero-order chi connectivity index (χ0) is 15.3. The summed E-state index contributed by atoms with van der Waals surface area (Å²) in [7, 11) is 0. The first-order valence-corrected chi connectivity index (χ1v) is 7.04. The van der Waals surface area contributed by atoms with Gasteiger partial charge in [-0.2, -0.15) is 0 Å². The first kappa shape index (κ1) is 16.4. The van der Waals surface area contributed by atoms with Crippen molar-refractivity contribution < 1.29 is 19.8 Å². The zero-order valence-corrected chi connectivity index (χ0v) is 12.3. The van der Waals surface area contributed by atoms with Crippen molar-refractivity contribution in [2.24, 2.45) is 0 Å². The number of aliphatic carboxylic acids is 1. The van der Waals surface area contributed by atoms with E-state index in [1.807, 2.05) is 13.8 Å². The van der Waals surface area contributed by atoms with Gasteiger partial charge in [-0.25, -0.2) is 4.79 Å². The third-order valence-electron chi connectivity index (χ3n) is 2.49. The fourth-order valence-corrected chi connectivity index (χ4v) is 2.28. The number of carbonyl (C=O) groups excluding carboxylic acids is 1. The Morgan fingerprint density at radius 1 is 1.45 bits per heavy atom. The van der Waals surface area contributed by atoms with Crippen molar-refractivity contribution in [2.45, 2.75) is 44.1 Å². The Morgan fingerprint density at radius 2 is 2.10 bits per heavy atom. The predicted molar refractivity (Wildman–Crippen MR) is 72.4 cm³/mol. The van der Waals surface area contributed by atoms with Gasteiger partial charge in [-0.1, -0.05) is 11.8 Å². The van der Waals surface area contributed by atoms with Crippen molar-refractivity contribution in [3.05, 3.63) is 6.33 Å². The molecule has 0 aromatic carbocycles. The van der Waals surface area contributed by atoms with Crippen LogP contribution in [0.3, 0.4) is 0 Å². The minimum absolute atomic E-state index is 0.00190. The van der Waals surface area contributed by atoms with Crippen LogP contribution < -0.4 is 5.32 Å². The Kier molecular flexibility index (Phi) is 5.96. The smallest absolute Gasteiger partial charge is 0.328 e. The molecule has 0 radical (unpaired) electrons. The molecule has 0 fully saturated rings. The van der Waals surface area contributed by atoms with E-state index in [9.17, 15) is 14.7 Å². The average molecular weight is 302 g/mol. The standard InChI is InChI=1S/C11H18N4O4S/c1-6(2)15-5-12-14-11(15)20-4-8(17)13-9(7(3)16)10(18)19/h5-7,9,16H,4H2,1-3H3,(H,13,17)(H,18,19). The maximum Gasteiger partial charge on any atom is 0.328 e. The van der Waals surface area contributed by atoms with E-state index in [-0.39, 0.29) is 11.8 Å². The predicted octanol–water partition coefficient (Wildman–Crippen LogP) is -0.0987. The second-order valence-electron chi connectivity index (χ2n) is 4.53. The molecule has 0 spiro atoms. The topological polar surface area (TPSA) is 117 Å². The Bertz CT molecular complexity index is 475. The second kappa shape index (κ2) is 7.25. The number of thioether (sulfide) groups is 1. The average Bonchev–Trinajstić information content (AvgIpc) is 2.81. The van der Waals surface area contributed by atoms with E-state index in [4.69, 9.17) is 5.11 Å². The molecule has 3 N–H and O–H groups in total. The lowest BCUT2D eigenvalue weighted by atomic mass is 10.2. The number of aromatic nitrogens is 3. The minimum Gasteiger partial charge on any atom is -0.480 e. The molecule has 1 amide bonds. The highest BCUT2D eigenvalue weighted by Crippen LogP contribution is 2.18. The molecular weight excluding hydrogens is 284 g/mol. The molecule has 1 heterocycles. The molecule has 0 saturated heterocycles. The molecular formula is C11H18N4O4S. The van der Waals surface area contributed by atoms with Crippen LogP contribution in [0.1, 0.15) is 26.8 Å². The summed E-state index contributed by atoms with van der Waals surface area (Å²) in [5, 5.41) is 28.6. The van der Waals surface area contributed by atoms with E-state index in [0.717, 1.165) is 11.8 Å². The van der Waals surface area contributed by atoms with Crippen molar-refractivity contribution >= 4 is 23.6 Å². The number of carboxylic acids is 1. The van der Waals surface area contributed by atoms with E-state index in [2.05, 4.69) is 15.5 Å². The van der Waals surface area contributed by atoms with Crippen molar-refractivity contribution in [3.63, 3.8) is 0 Å². The SMILES string of the molecule is CC(O)C(NC(=O)CSc1nncn1C(C)C)C(=O)O. The van der Waals surface area contributed by atoms with Gasteiger partial charge in [0.25, 0.3) is 0 Å². The third-order valence-corrected chi connectivity index (χ3v) is 3.45. The Labute approximate surface area is 120 Å². The maximum atomic E-state index is 11.7. The Hall–Kier alpha value is -1.61. The van der Waals surface area contributed by atoms with Crippen molar-refractivity contribution in [1.29, 1.82) is 0 Å². The van der Waals surface area contributed by atoms with Crippen LogP contribution in [0.5, 0.6) is 0 Å². The normalized spacial score (nSPS) is 14.1. The molecule has 0 aliphatic heterocycles. The molecule has 1 rings (SSSR count). The van der Waals surface area contributed by atoms with Gasteiger partial charge in [0.15, 0.2) is 11.2 Å². The van der Waals surface area contributed by atoms with E-state index < -0.39 is 24.0 Å². The number of nitrogens with zero attached hydrogens (tertiary/aromatic N) is 3. The number of carboxylic acid groups (broad SMARTS) is 1. The van der Waals surface area contributed by atoms with E-state index in [0.29, 0.717) is 5.16 Å². The summed E-state index contributed by atoms with van der Waals surface area (Å²) in [5.41, 5.74) is 0. The Balaban J connectivity index is 2.55. The van der Waals surface area contributed by atoms with E-state index in [1.54, 1.807) is 10.9 Å². The molecule has 20 heavy (non-hydrogen) atoms.